The number of halogens is 1. The number of hydrogen-bond donors (Lipinski definition) is 1. The maximum Gasteiger partial charge on any atom is 0.411 e. The van der Waals surface area contributed by atoms with Gasteiger partial charge in [-0.2, -0.15) is 0 Å². The SMILES string of the molecule is COC(=O)Nc1cc2c(ccn3c(C=O)c(-c4ccccc4)nc23)cc1Cl. The second-order valence-electron chi connectivity index (χ2n) is 5.87. The molecule has 0 saturated heterocycles. The monoisotopic (exact) mass is 379 g/mol. The predicted molar refractivity (Wildman–Crippen MR) is 105 cm³/mol. The van der Waals surface area contributed by atoms with Crippen LogP contribution in [-0.4, -0.2) is 28.9 Å². The third-order valence-corrected chi connectivity index (χ3v) is 4.63. The Kier molecular flexibility index (Phi) is 4.25. The molecule has 6 nitrogen and oxygen atoms in total. The van der Waals surface area contributed by atoms with Gasteiger partial charge in [0.2, 0.25) is 0 Å². The third-order valence-electron chi connectivity index (χ3n) is 4.31. The minimum Gasteiger partial charge on any atom is -0.453 e. The van der Waals surface area contributed by atoms with Crippen LogP contribution in [-0.2, 0) is 4.74 Å². The highest BCUT2D eigenvalue weighted by molar-refractivity contribution is 6.34. The van der Waals surface area contributed by atoms with Gasteiger partial charge < -0.3 is 4.74 Å². The molecule has 0 fully saturated rings. The zero-order chi connectivity index (χ0) is 19.0. The van der Waals surface area contributed by atoms with Gasteiger partial charge in [0.05, 0.1) is 17.8 Å². The molecule has 0 aliphatic rings. The summed E-state index contributed by atoms with van der Waals surface area (Å²) in [7, 11) is 1.28. The first-order valence-electron chi connectivity index (χ1n) is 8.12. The Morgan fingerprint density at radius 3 is 2.70 bits per heavy atom. The number of aromatic nitrogens is 2. The Bertz CT molecular complexity index is 1190. The summed E-state index contributed by atoms with van der Waals surface area (Å²) in [4.78, 5) is 28.0. The van der Waals surface area contributed by atoms with Crippen LogP contribution in [0.5, 0.6) is 0 Å². The van der Waals surface area contributed by atoms with E-state index < -0.39 is 6.09 Å². The number of hydrogen-bond acceptors (Lipinski definition) is 4. The number of carbonyl (C=O) groups excluding carboxylic acids is 2. The van der Waals surface area contributed by atoms with E-state index in [0.29, 0.717) is 27.7 Å². The molecular formula is C20H14ClN3O3. The van der Waals surface area contributed by atoms with E-state index in [1.807, 2.05) is 36.4 Å². The van der Waals surface area contributed by atoms with Crippen LogP contribution in [0.25, 0.3) is 27.7 Å². The Labute approximate surface area is 159 Å². The number of methoxy groups -OCH3 is 1. The zero-order valence-electron chi connectivity index (χ0n) is 14.3. The highest BCUT2D eigenvalue weighted by atomic mass is 35.5. The molecule has 4 aromatic rings. The van der Waals surface area contributed by atoms with Crippen molar-refractivity contribution in [3.8, 4) is 11.3 Å². The Hall–Kier alpha value is -3.38. The molecule has 1 N–H and O–H groups in total. The van der Waals surface area contributed by atoms with E-state index in [1.54, 1.807) is 22.7 Å². The van der Waals surface area contributed by atoms with E-state index in [4.69, 9.17) is 16.6 Å². The molecule has 0 saturated carbocycles. The normalized spacial score (nSPS) is 10.9. The summed E-state index contributed by atoms with van der Waals surface area (Å²) in [5.74, 6) is 0. The van der Waals surface area contributed by atoms with Crippen molar-refractivity contribution in [3.05, 3.63) is 65.4 Å². The molecule has 1 amide bonds. The van der Waals surface area contributed by atoms with E-state index in [1.165, 1.54) is 7.11 Å². The number of rotatable bonds is 3. The van der Waals surface area contributed by atoms with Crippen molar-refractivity contribution in [1.29, 1.82) is 0 Å². The molecule has 7 heteroatoms. The molecule has 0 unspecified atom stereocenters. The van der Waals surface area contributed by atoms with E-state index in [0.717, 1.165) is 22.6 Å². The van der Waals surface area contributed by atoms with Crippen molar-refractivity contribution in [3.63, 3.8) is 0 Å². The molecule has 0 radical (unpaired) electrons. The molecular weight excluding hydrogens is 366 g/mol. The summed E-state index contributed by atoms with van der Waals surface area (Å²) in [6.07, 6.45) is 1.95. The van der Waals surface area contributed by atoms with Gasteiger partial charge in [-0.15, -0.1) is 0 Å². The molecule has 0 spiro atoms. The van der Waals surface area contributed by atoms with Crippen LogP contribution in [0.3, 0.4) is 0 Å². The smallest absolute Gasteiger partial charge is 0.411 e. The highest BCUT2D eigenvalue weighted by Gasteiger charge is 2.16. The van der Waals surface area contributed by atoms with Crippen molar-refractivity contribution in [1.82, 2.24) is 9.38 Å². The van der Waals surface area contributed by atoms with Crippen LogP contribution >= 0.6 is 11.6 Å². The molecule has 134 valence electrons. The third kappa shape index (κ3) is 2.90. The lowest BCUT2D eigenvalue weighted by molar-refractivity contribution is 0.111. The average molecular weight is 380 g/mol. The molecule has 0 atom stereocenters. The van der Waals surface area contributed by atoms with Crippen LogP contribution in [0.15, 0.2) is 54.7 Å². The van der Waals surface area contributed by atoms with Gasteiger partial charge in [0, 0.05) is 17.1 Å². The molecule has 2 aromatic heterocycles. The van der Waals surface area contributed by atoms with E-state index in [2.05, 4.69) is 10.1 Å². The van der Waals surface area contributed by atoms with E-state index >= 15 is 0 Å². The second-order valence-corrected chi connectivity index (χ2v) is 6.28. The Morgan fingerprint density at radius 1 is 1.22 bits per heavy atom. The number of imidazole rings is 1. The topological polar surface area (TPSA) is 72.7 Å². The predicted octanol–water partition coefficient (Wildman–Crippen LogP) is 4.80. The lowest BCUT2D eigenvalue weighted by Crippen LogP contribution is -2.11. The fraction of sp³-hybridized carbons (Fsp3) is 0.0500. The van der Waals surface area contributed by atoms with Crippen molar-refractivity contribution >= 4 is 46.1 Å². The van der Waals surface area contributed by atoms with Crippen LogP contribution in [0.1, 0.15) is 10.5 Å². The second kappa shape index (κ2) is 6.74. The lowest BCUT2D eigenvalue weighted by Gasteiger charge is -2.09. The molecule has 2 heterocycles. The minimum atomic E-state index is -0.620. The number of fused-ring (bicyclic) bond motifs is 3. The van der Waals surface area contributed by atoms with Gasteiger partial charge in [-0.3, -0.25) is 14.5 Å². The molecule has 2 aromatic carbocycles. The van der Waals surface area contributed by atoms with Gasteiger partial charge in [-0.1, -0.05) is 41.9 Å². The number of carbonyl (C=O) groups is 2. The number of anilines is 1. The zero-order valence-corrected chi connectivity index (χ0v) is 15.0. The summed E-state index contributed by atoms with van der Waals surface area (Å²) in [6, 6.07) is 14.8. The number of amides is 1. The maximum absolute atomic E-state index is 11.8. The fourth-order valence-electron chi connectivity index (χ4n) is 3.04. The average Bonchev–Trinajstić information content (AvgIpc) is 3.08. The number of ether oxygens (including phenoxy) is 1. The van der Waals surface area contributed by atoms with Crippen molar-refractivity contribution in [2.75, 3.05) is 12.4 Å². The summed E-state index contributed by atoms with van der Waals surface area (Å²) < 4.78 is 6.36. The maximum atomic E-state index is 11.8. The Balaban J connectivity index is 2.00. The highest BCUT2D eigenvalue weighted by Crippen LogP contribution is 2.32. The van der Waals surface area contributed by atoms with Gasteiger partial charge in [0.25, 0.3) is 0 Å². The number of nitrogens with one attached hydrogen (secondary N) is 1. The van der Waals surface area contributed by atoms with Gasteiger partial charge in [0.1, 0.15) is 17.0 Å². The van der Waals surface area contributed by atoms with E-state index in [9.17, 15) is 9.59 Å². The van der Waals surface area contributed by atoms with Crippen molar-refractivity contribution < 1.29 is 14.3 Å². The molecule has 0 aliphatic carbocycles. The lowest BCUT2D eigenvalue weighted by atomic mass is 10.1. The van der Waals surface area contributed by atoms with Crippen molar-refractivity contribution in [2.45, 2.75) is 0 Å². The first-order chi connectivity index (χ1) is 13.1. The number of nitrogens with zero attached hydrogens (tertiary/aromatic N) is 2. The fourth-order valence-corrected chi connectivity index (χ4v) is 3.26. The first-order valence-corrected chi connectivity index (χ1v) is 8.50. The van der Waals surface area contributed by atoms with Crippen LogP contribution < -0.4 is 5.32 Å². The largest absolute Gasteiger partial charge is 0.453 e. The molecule has 0 bridgehead atoms. The van der Waals surface area contributed by atoms with Crippen LogP contribution in [0.4, 0.5) is 10.5 Å². The van der Waals surface area contributed by atoms with Gasteiger partial charge in [-0.25, -0.2) is 9.78 Å². The van der Waals surface area contributed by atoms with Gasteiger partial charge in [0.15, 0.2) is 6.29 Å². The van der Waals surface area contributed by atoms with Crippen LogP contribution in [0.2, 0.25) is 5.02 Å². The molecule has 27 heavy (non-hydrogen) atoms. The summed E-state index contributed by atoms with van der Waals surface area (Å²) in [6.45, 7) is 0. The summed E-state index contributed by atoms with van der Waals surface area (Å²) in [5, 5.41) is 4.55. The number of pyridine rings is 1. The van der Waals surface area contributed by atoms with E-state index in [-0.39, 0.29) is 0 Å². The van der Waals surface area contributed by atoms with Gasteiger partial charge >= 0.3 is 6.09 Å². The minimum absolute atomic E-state index is 0.377. The quantitative estimate of drug-likeness (QED) is 0.519. The molecule has 4 rings (SSSR count). The molecule has 0 aliphatic heterocycles. The van der Waals surface area contributed by atoms with Gasteiger partial charge in [-0.05, 0) is 23.6 Å². The summed E-state index contributed by atoms with van der Waals surface area (Å²) >= 11 is 6.26. The number of aldehydes is 1. The summed E-state index contributed by atoms with van der Waals surface area (Å²) in [5.41, 5.74) is 2.89. The number of benzene rings is 2. The standard InChI is InChI=1S/C20H14ClN3O3/c1-27-20(26)22-16-10-14-13(9-15(16)21)7-8-24-17(11-25)18(23-19(14)24)12-5-3-2-4-6-12/h2-11H,1H3,(H,22,26). The van der Waals surface area contributed by atoms with Crippen LogP contribution in [0, 0.1) is 0 Å². The van der Waals surface area contributed by atoms with Crippen molar-refractivity contribution in [2.24, 2.45) is 0 Å². The Morgan fingerprint density at radius 2 is 2.00 bits per heavy atom. The first kappa shape index (κ1) is 17.1.